The molecule has 2 aromatic carbocycles. The Morgan fingerprint density at radius 1 is 1.03 bits per heavy atom. The Bertz CT molecular complexity index is 1470. The van der Waals surface area contributed by atoms with Gasteiger partial charge in [-0.05, 0) is 81.0 Å². The van der Waals surface area contributed by atoms with Crippen LogP contribution < -0.4 is 10.6 Å². The van der Waals surface area contributed by atoms with E-state index in [0.717, 1.165) is 28.5 Å². The molecule has 4 aromatic rings. The number of anilines is 1. The summed E-state index contributed by atoms with van der Waals surface area (Å²) in [4.78, 5) is 19.6. The fourth-order valence-electron chi connectivity index (χ4n) is 5.37. The van der Waals surface area contributed by atoms with Crippen molar-refractivity contribution in [3.8, 4) is 5.69 Å². The maximum Gasteiger partial charge on any atom is 0.226 e. The number of carbonyl (C=O) groups excluding carboxylic acids is 1. The van der Waals surface area contributed by atoms with E-state index in [1.165, 1.54) is 11.1 Å². The standard InChI is InChI=1S/C30H30ClN5OS/c1-19-20(2)36(24-13-9-10-22(31)18-24)21(3)27(19)29-28(25-14-7-8-16-32-25)34-30(38)35(29)17-15-26(37)33-23-11-5-4-6-12-23/h4-14,16,18,28-29H,15,17H2,1-3H3,(H,33,37)(H,34,38)/t28-,29-/m0/s1. The summed E-state index contributed by atoms with van der Waals surface area (Å²) in [5.74, 6) is -0.0554. The first-order chi connectivity index (χ1) is 18.3. The number of carbonyl (C=O) groups is 1. The Kier molecular flexibility index (Phi) is 7.49. The SMILES string of the molecule is Cc1c([C@H]2[C@H](c3ccccn3)NC(=S)N2CCC(=O)Nc2ccccc2)c(C)n(-c2cccc(Cl)c2)c1C. The Labute approximate surface area is 233 Å². The van der Waals surface area contributed by atoms with Crippen molar-refractivity contribution in [2.24, 2.45) is 0 Å². The highest BCUT2D eigenvalue weighted by Crippen LogP contribution is 2.43. The molecule has 0 bridgehead atoms. The summed E-state index contributed by atoms with van der Waals surface area (Å²) in [5, 5.41) is 7.80. The molecule has 0 unspecified atom stereocenters. The fourth-order valence-corrected chi connectivity index (χ4v) is 5.89. The van der Waals surface area contributed by atoms with E-state index >= 15 is 0 Å². The molecule has 38 heavy (non-hydrogen) atoms. The minimum Gasteiger partial charge on any atom is -0.352 e. The average molecular weight is 544 g/mol. The number of nitrogens with zero attached hydrogens (tertiary/aromatic N) is 3. The Hall–Kier alpha value is -3.68. The fraction of sp³-hybridized carbons (Fsp3) is 0.233. The number of rotatable bonds is 7. The lowest BCUT2D eigenvalue weighted by molar-refractivity contribution is -0.116. The molecule has 6 nitrogen and oxygen atoms in total. The topological polar surface area (TPSA) is 62.2 Å². The molecular weight excluding hydrogens is 514 g/mol. The van der Waals surface area contributed by atoms with Gasteiger partial charge in [-0.3, -0.25) is 9.78 Å². The number of nitrogens with one attached hydrogen (secondary N) is 2. The van der Waals surface area contributed by atoms with E-state index in [-0.39, 0.29) is 18.0 Å². The van der Waals surface area contributed by atoms with Crippen molar-refractivity contribution in [1.82, 2.24) is 19.8 Å². The van der Waals surface area contributed by atoms with Gasteiger partial charge in [0.25, 0.3) is 0 Å². The molecule has 1 fully saturated rings. The molecule has 194 valence electrons. The van der Waals surface area contributed by atoms with Gasteiger partial charge in [0, 0.05) is 52.5 Å². The summed E-state index contributed by atoms with van der Waals surface area (Å²) in [6, 6.07) is 23.0. The number of pyridine rings is 1. The molecule has 0 spiro atoms. The zero-order valence-corrected chi connectivity index (χ0v) is 23.2. The normalized spacial score (nSPS) is 16.9. The van der Waals surface area contributed by atoms with Crippen LogP contribution in [0.25, 0.3) is 5.69 Å². The number of thiocarbonyl (C=S) groups is 1. The van der Waals surface area contributed by atoms with Crippen molar-refractivity contribution in [2.75, 3.05) is 11.9 Å². The first-order valence-corrected chi connectivity index (χ1v) is 13.4. The van der Waals surface area contributed by atoms with E-state index in [0.29, 0.717) is 23.1 Å². The quantitative estimate of drug-likeness (QED) is 0.262. The van der Waals surface area contributed by atoms with Gasteiger partial charge in [-0.1, -0.05) is 41.9 Å². The number of hydrogen-bond donors (Lipinski definition) is 2. The second kappa shape index (κ2) is 11.0. The lowest BCUT2D eigenvalue weighted by Gasteiger charge is -2.29. The van der Waals surface area contributed by atoms with Crippen molar-refractivity contribution in [3.05, 3.63) is 112 Å². The predicted molar refractivity (Wildman–Crippen MR) is 157 cm³/mol. The zero-order chi connectivity index (χ0) is 26.8. The number of aromatic nitrogens is 2. The summed E-state index contributed by atoms with van der Waals surface area (Å²) in [6.07, 6.45) is 2.10. The van der Waals surface area contributed by atoms with Crippen LogP contribution in [0.1, 0.15) is 46.7 Å². The third-order valence-electron chi connectivity index (χ3n) is 7.20. The van der Waals surface area contributed by atoms with Crippen LogP contribution in [-0.2, 0) is 4.79 Å². The molecule has 0 radical (unpaired) electrons. The number of benzene rings is 2. The lowest BCUT2D eigenvalue weighted by Crippen LogP contribution is -2.33. The molecule has 1 amide bonds. The maximum absolute atomic E-state index is 12.8. The van der Waals surface area contributed by atoms with Crippen molar-refractivity contribution in [3.63, 3.8) is 0 Å². The Morgan fingerprint density at radius 3 is 2.50 bits per heavy atom. The lowest BCUT2D eigenvalue weighted by atomic mass is 9.93. The minimum absolute atomic E-state index is 0.0554. The summed E-state index contributed by atoms with van der Waals surface area (Å²) >= 11 is 12.2. The van der Waals surface area contributed by atoms with Crippen LogP contribution in [0.5, 0.6) is 0 Å². The van der Waals surface area contributed by atoms with Crippen LogP contribution in [-0.4, -0.2) is 32.0 Å². The van der Waals surface area contributed by atoms with E-state index in [2.05, 4.69) is 51.9 Å². The Morgan fingerprint density at radius 2 is 1.79 bits per heavy atom. The largest absolute Gasteiger partial charge is 0.352 e. The van der Waals surface area contributed by atoms with Crippen molar-refractivity contribution in [1.29, 1.82) is 0 Å². The van der Waals surface area contributed by atoms with Gasteiger partial charge in [0.2, 0.25) is 5.91 Å². The van der Waals surface area contributed by atoms with Crippen molar-refractivity contribution < 1.29 is 4.79 Å². The van der Waals surface area contributed by atoms with Gasteiger partial charge >= 0.3 is 0 Å². The highest BCUT2D eigenvalue weighted by molar-refractivity contribution is 7.80. The molecule has 3 heterocycles. The summed E-state index contributed by atoms with van der Waals surface area (Å²) in [6.45, 7) is 6.88. The molecule has 5 rings (SSSR count). The average Bonchev–Trinajstić information content (AvgIpc) is 3.35. The van der Waals surface area contributed by atoms with Crippen molar-refractivity contribution in [2.45, 2.75) is 39.3 Å². The molecule has 1 aliphatic rings. The first kappa shape index (κ1) is 25.9. The van der Waals surface area contributed by atoms with Gasteiger partial charge < -0.3 is 20.1 Å². The van der Waals surface area contributed by atoms with Crippen molar-refractivity contribution >= 4 is 40.5 Å². The third kappa shape index (κ3) is 5.04. The van der Waals surface area contributed by atoms with Crippen LogP contribution in [0.2, 0.25) is 5.02 Å². The van der Waals surface area contributed by atoms with Gasteiger partial charge in [0.1, 0.15) is 0 Å². The molecular formula is C30H30ClN5OS. The second-order valence-corrected chi connectivity index (χ2v) is 10.3. The minimum atomic E-state index is -0.159. The van der Waals surface area contributed by atoms with Crippen LogP contribution in [0.4, 0.5) is 5.69 Å². The smallest absolute Gasteiger partial charge is 0.226 e. The van der Waals surface area contributed by atoms with Gasteiger partial charge in [0.15, 0.2) is 5.11 Å². The predicted octanol–water partition coefficient (Wildman–Crippen LogP) is 6.45. The maximum atomic E-state index is 12.8. The summed E-state index contributed by atoms with van der Waals surface area (Å²) in [5.41, 5.74) is 7.30. The van der Waals surface area contributed by atoms with E-state index in [1.807, 2.05) is 66.7 Å². The Balaban J connectivity index is 1.52. The first-order valence-electron chi connectivity index (χ1n) is 12.6. The molecule has 0 aliphatic carbocycles. The van der Waals surface area contributed by atoms with E-state index in [1.54, 1.807) is 6.20 Å². The number of para-hydroxylation sites is 1. The molecule has 1 aliphatic heterocycles. The van der Waals surface area contributed by atoms with Crippen LogP contribution in [0, 0.1) is 20.8 Å². The monoisotopic (exact) mass is 543 g/mol. The number of halogens is 1. The molecule has 2 aromatic heterocycles. The van der Waals surface area contributed by atoms with Crippen LogP contribution in [0.15, 0.2) is 79.0 Å². The number of hydrogen-bond acceptors (Lipinski definition) is 3. The molecule has 8 heteroatoms. The van der Waals surface area contributed by atoms with Crippen LogP contribution >= 0.6 is 23.8 Å². The van der Waals surface area contributed by atoms with Gasteiger partial charge in [-0.2, -0.15) is 0 Å². The highest BCUT2D eigenvalue weighted by Gasteiger charge is 2.42. The number of amides is 1. The van der Waals surface area contributed by atoms with Gasteiger partial charge in [-0.25, -0.2) is 0 Å². The van der Waals surface area contributed by atoms with Crippen LogP contribution in [0.3, 0.4) is 0 Å². The zero-order valence-electron chi connectivity index (χ0n) is 21.6. The summed E-state index contributed by atoms with van der Waals surface area (Å²) in [7, 11) is 0. The summed E-state index contributed by atoms with van der Waals surface area (Å²) < 4.78 is 2.24. The van der Waals surface area contributed by atoms with E-state index < -0.39 is 0 Å². The van der Waals surface area contributed by atoms with Gasteiger partial charge in [0.05, 0.1) is 17.8 Å². The second-order valence-electron chi connectivity index (χ2n) is 9.51. The molecule has 2 atom stereocenters. The van der Waals surface area contributed by atoms with E-state index in [9.17, 15) is 4.79 Å². The van der Waals surface area contributed by atoms with E-state index in [4.69, 9.17) is 23.8 Å². The van der Waals surface area contributed by atoms with Gasteiger partial charge in [-0.15, -0.1) is 0 Å². The molecule has 1 saturated heterocycles. The highest BCUT2D eigenvalue weighted by atomic mass is 35.5. The molecule has 2 N–H and O–H groups in total. The third-order valence-corrected chi connectivity index (χ3v) is 7.79. The molecule has 0 saturated carbocycles.